The molecule has 0 aliphatic carbocycles. The molecule has 4 rings (SSSR count). The number of anilines is 3. The summed E-state index contributed by atoms with van der Waals surface area (Å²) in [4.78, 5) is 11.6. The van der Waals surface area contributed by atoms with Crippen molar-refractivity contribution in [3.8, 4) is 0 Å². The molecule has 3 aromatic rings. The molecule has 1 aliphatic heterocycles. The van der Waals surface area contributed by atoms with Gasteiger partial charge in [0.1, 0.15) is 0 Å². The van der Waals surface area contributed by atoms with Crippen molar-refractivity contribution in [2.24, 2.45) is 0 Å². The van der Waals surface area contributed by atoms with Crippen LogP contribution in [0.15, 0.2) is 30.5 Å². The van der Waals surface area contributed by atoms with Gasteiger partial charge in [0.05, 0.1) is 12.5 Å². The normalized spacial score (nSPS) is 16.2. The number of nitrogens with one attached hydrogen (secondary N) is 3. The second-order valence-corrected chi connectivity index (χ2v) is 9.33. The number of rotatable bonds is 5. The lowest BCUT2D eigenvalue weighted by Crippen LogP contribution is -2.42. The first-order valence-electron chi connectivity index (χ1n) is 9.38. The molecule has 0 unspecified atom stereocenters. The molecular weight excluding hydrogens is 395 g/mol. The molecule has 154 valence electrons. The molecule has 0 amide bonds. The molecule has 10 heteroatoms. The summed E-state index contributed by atoms with van der Waals surface area (Å²) in [5, 5.41) is 7.26. The quantitative estimate of drug-likeness (QED) is 0.589. The molecule has 1 saturated heterocycles. The predicted molar refractivity (Wildman–Crippen MR) is 111 cm³/mol. The second kappa shape index (κ2) is 7.60. The molecule has 1 aromatic carbocycles. The molecule has 8 nitrogen and oxygen atoms in total. The first kappa shape index (κ1) is 19.6. The summed E-state index contributed by atoms with van der Waals surface area (Å²) in [5.41, 5.74) is 2.91. The van der Waals surface area contributed by atoms with E-state index in [9.17, 15) is 12.8 Å². The highest BCUT2D eigenvalue weighted by atomic mass is 32.2. The van der Waals surface area contributed by atoms with Crippen LogP contribution in [0.2, 0.25) is 0 Å². The van der Waals surface area contributed by atoms with Gasteiger partial charge in [-0.1, -0.05) is 0 Å². The van der Waals surface area contributed by atoms with Crippen LogP contribution in [0.4, 0.5) is 21.8 Å². The van der Waals surface area contributed by atoms with Crippen molar-refractivity contribution in [2.75, 3.05) is 30.0 Å². The molecule has 0 bridgehead atoms. The molecule has 0 spiro atoms. The summed E-state index contributed by atoms with van der Waals surface area (Å²) in [5.74, 6) is -0.147. The molecule has 1 fully saturated rings. The highest BCUT2D eigenvalue weighted by molar-refractivity contribution is 7.88. The van der Waals surface area contributed by atoms with Gasteiger partial charge in [-0.2, -0.15) is 4.98 Å². The van der Waals surface area contributed by atoms with Crippen LogP contribution in [0.5, 0.6) is 0 Å². The Labute approximate surface area is 168 Å². The van der Waals surface area contributed by atoms with Crippen LogP contribution in [0, 0.1) is 12.7 Å². The second-order valence-electron chi connectivity index (χ2n) is 7.35. The first-order chi connectivity index (χ1) is 13.8. The zero-order valence-corrected chi connectivity index (χ0v) is 17.1. The monoisotopic (exact) mass is 418 g/mol. The molecular formula is C19H23FN6O2S. The third-order valence-electron chi connectivity index (χ3n) is 5.02. The molecule has 0 saturated carbocycles. The van der Waals surface area contributed by atoms with Crippen LogP contribution in [0.3, 0.4) is 0 Å². The van der Waals surface area contributed by atoms with E-state index in [-0.39, 0.29) is 17.8 Å². The van der Waals surface area contributed by atoms with E-state index in [4.69, 9.17) is 0 Å². The van der Waals surface area contributed by atoms with Crippen molar-refractivity contribution >= 4 is 38.4 Å². The Balaban J connectivity index is 1.46. The van der Waals surface area contributed by atoms with E-state index in [0.717, 1.165) is 28.5 Å². The Morgan fingerprint density at radius 1 is 1.24 bits per heavy atom. The smallest absolute Gasteiger partial charge is 0.229 e. The zero-order valence-electron chi connectivity index (χ0n) is 16.2. The summed E-state index contributed by atoms with van der Waals surface area (Å²) in [6, 6.07) is 7.83. The van der Waals surface area contributed by atoms with E-state index < -0.39 is 15.8 Å². The van der Waals surface area contributed by atoms with Crippen molar-refractivity contribution < 1.29 is 12.8 Å². The van der Waals surface area contributed by atoms with Crippen LogP contribution in [0.1, 0.15) is 18.5 Å². The summed E-state index contributed by atoms with van der Waals surface area (Å²) >= 11 is 0. The minimum atomic E-state index is -3.19. The maximum absolute atomic E-state index is 14.2. The fourth-order valence-electron chi connectivity index (χ4n) is 3.54. The number of hydrogen-bond donors (Lipinski definition) is 3. The van der Waals surface area contributed by atoms with Gasteiger partial charge in [0, 0.05) is 41.4 Å². The van der Waals surface area contributed by atoms with Gasteiger partial charge in [-0.25, -0.2) is 22.1 Å². The number of aromatic amines is 1. The van der Waals surface area contributed by atoms with Gasteiger partial charge >= 0.3 is 0 Å². The first-order valence-corrected chi connectivity index (χ1v) is 11.2. The lowest BCUT2D eigenvalue weighted by atomic mass is 10.1. The molecule has 0 radical (unpaired) electrons. The van der Waals surface area contributed by atoms with E-state index >= 15 is 0 Å². The Kier molecular flexibility index (Phi) is 5.13. The van der Waals surface area contributed by atoms with E-state index in [1.165, 1.54) is 10.6 Å². The van der Waals surface area contributed by atoms with E-state index in [0.29, 0.717) is 25.9 Å². The topological polar surface area (TPSA) is 103 Å². The van der Waals surface area contributed by atoms with Crippen LogP contribution in [-0.4, -0.2) is 53.1 Å². The average Bonchev–Trinajstić information content (AvgIpc) is 3.03. The minimum Gasteiger partial charge on any atom is -0.365 e. The fourth-order valence-corrected chi connectivity index (χ4v) is 4.41. The van der Waals surface area contributed by atoms with Crippen molar-refractivity contribution in [1.29, 1.82) is 0 Å². The van der Waals surface area contributed by atoms with Gasteiger partial charge in [0.25, 0.3) is 0 Å². The fraction of sp³-hybridized carbons (Fsp3) is 0.368. The number of H-pyrrole nitrogens is 1. The van der Waals surface area contributed by atoms with Crippen molar-refractivity contribution in [2.45, 2.75) is 25.8 Å². The highest BCUT2D eigenvalue weighted by Gasteiger charge is 2.25. The summed E-state index contributed by atoms with van der Waals surface area (Å²) < 4.78 is 38.9. The van der Waals surface area contributed by atoms with Crippen LogP contribution in [0.25, 0.3) is 10.9 Å². The number of nitrogens with zero attached hydrogens (tertiary/aromatic N) is 3. The lowest BCUT2D eigenvalue weighted by Gasteiger charge is -2.30. The molecule has 29 heavy (non-hydrogen) atoms. The summed E-state index contributed by atoms with van der Waals surface area (Å²) in [6.07, 6.45) is 3.50. The largest absolute Gasteiger partial charge is 0.365 e. The minimum absolute atomic E-state index is 0.0515. The number of aryl methyl sites for hydroxylation is 1. The predicted octanol–water partition coefficient (Wildman–Crippen LogP) is 2.98. The zero-order chi connectivity index (χ0) is 20.6. The van der Waals surface area contributed by atoms with E-state index in [1.807, 2.05) is 31.2 Å². The van der Waals surface area contributed by atoms with Crippen molar-refractivity contribution in [3.05, 3.63) is 42.0 Å². The van der Waals surface area contributed by atoms with Gasteiger partial charge in [-0.05, 0) is 44.0 Å². The van der Waals surface area contributed by atoms with Crippen LogP contribution >= 0.6 is 0 Å². The Bertz CT molecular complexity index is 1140. The Hall–Kier alpha value is -2.72. The SMILES string of the molecule is Cc1cc2cc(Nc3ncc(F)c(NC4CCN(S(C)(=O)=O)CC4)n3)ccc2[nH]1. The standard InChI is InChI=1S/C19H23FN6O2S/c1-12-9-13-10-15(3-4-17(13)22-12)24-19-21-11-16(20)18(25-19)23-14-5-7-26(8-6-14)29(2,27)28/h3-4,9-11,14,22H,5-8H2,1-2H3,(H2,21,23,24,25). The van der Waals surface area contributed by atoms with Crippen LogP contribution in [-0.2, 0) is 10.0 Å². The summed E-state index contributed by atoms with van der Waals surface area (Å²) in [6.45, 7) is 2.81. The van der Waals surface area contributed by atoms with E-state index in [1.54, 1.807) is 0 Å². The molecule has 0 atom stereocenters. The highest BCUT2D eigenvalue weighted by Crippen LogP contribution is 2.24. The number of aromatic nitrogens is 3. The van der Waals surface area contributed by atoms with Gasteiger partial charge < -0.3 is 15.6 Å². The van der Waals surface area contributed by atoms with Gasteiger partial charge in [-0.3, -0.25) is 0 Å². The number of fused-ring (bicyclic) bond motifs is 1. The van der Waals surface area contributed by atoms with Crippen LogP contribution < -0.4 is 10.6 Å². The lowest BCUT2D eigenvalue weighted by molar-refractivity contribution is 0.331. The third-order valence-corrected chi connectivity index (χ3v) is 6.32. The number of benzene rings is 1. The number of sulfonamides is 1. The maximum Gasteiger partial charge on any atom is 0.229 e. The molecule has 3 heterocycles. The molecule has 2 aromatic heterocycles. The summed E-state index contributed by atoms with van der Waals surface area (Å²) in [7, 11) is -3.19. The van der Waals surface area contributed by atoms with Crippen molar-refractivity contribution in [3.63, 3.8) is 0 Å². The Morgan fingerprint density at radius 2 is 2.00 bits per heavy atom. The Morgan fingerprint density at radius 3 is 2.72 bits per heavy atom. The van der Waals surface area contributed by atoms with E-state index in [2.05, 4.69) is 25.6 Å². The van der Waals surface area contributed by atoms with Gasteiger partial charge in [-0.15, -0.1) is 0 Å². The number of hydrogen-bond acceptors (Lipinski definition) is 6. The van der Waals surface area contributed by atoms with Gasteiger partial charge in [0.15, 0.2) is 11.6 Å². The third kappa shape index (κ3) is 4.48. The van der Waals surface area contributed by atoms with Gasteiger partial charge in [0.2, 0.25) is 16.0 Å². The maximum atomic E-state index is 14.2. The number of piperidine rings is 1. The molecule has 3 N–H and O–H groups in total. The molecule has 1 aliphatic rings. The average molecular weight is 418 g/mol. The number of halogens is 1. The van der Waals surface area contributed by atoms with Crippen molar-refractivity contribution in [1.82, 2.24) is 19.3 Å².